The van der Waals surface area contributed by atoms with E-state index in [1.165, 1.54) is 6.07 Å². The van der Waals surface area contributed by atoms with Crippen molar-refractivity contribution in [2.24, 2.45) is 11.7 Å². The van der Waals surface area contributed by atoms with Crippen molar-refractivity contribution in [1.29, 1.82) is 0 Å². The van der Waals surface area contributed by atoms with Crippen molar-refractivity contribution in [1.82, 2.24) is 19.7 Å². The molecule has 1 amide bonds. The van der Waals surface area contributed by atoms with Gasteiger partial charge in [-0.15, -0.1) is 0 Å². The van der Waals surface area contributed by atoms with Gasteiger partial charge < -0.3 is 10.5 Å². The molecule has 0 aliphatic heterocycles. The molecule has 162 valence electrons. The molecule has 0 spiro atoms. The van der Waals surface area contributed by atoms with Gasteiger partial charge in [0.05, 0.1) is 17.8 Å². The monoisotopic (exact) mass is 435 g/mol. The summed E-state index contributed by atoms with van der Waals surface area (Å²) >= 11 is 0. The van der Waals surface area contributed by atoms with Crippen LogP contribution in [0.15, 0.2) is 24.5 Å². The van der Waals surface area contributed by atoms with Crippen molar-refractivity contribution in [2.45, 2.75) is 37.9 Å². The third-order valence-electron chi connectivity index (χ3n) is 5.47. The van der Waals surface area contributed by atoms with Crippen LogP contribution in [0.4, 0.5) is 17.6 Å². The molecule has 1 aliphatic carbocycles. The standard InChI is InChI=1S/C20H17F4N5O2/c21-14-6-15-11(8-29(28-15)12-3-1-10(9-30)2-4-12)5-13(14)17-18(19(25)31)27-16(7-26-17)20(22,23)24/h5-10,12H,1-4H2,(H2,25,31). The van der Waals surface area contributed by atoms with Crippen LogP contribution in [0.3, 0.4) is 0 Å². The molecule has 0 bridgehead atoms. The van der Waals surface area contributed by atoms with E-state index in [1.54, 1.807) is 10.9 Å². The number of hydrogen-bond acceptors (Lipinski definition) is 5. The molecular weight excluding hydrogens is 418 g/mol. The number of amides is 1. The molecule has 2 N–H and O–H groups in total. The van der Waals surface area contributed by atoms with Crippen molar-refractivity contribution < 1.29 is 27.2 Å². The van der Waals surface area contributed by atoms with Gasteiger partial charge in [0, 0.05) is 29.1 Å². The van der Waals surface area contributed by atoms with Crippen molar-refractivity contribution in [2.75, 3.05) is 0 Å². The summed E-state index contributed by atoms with van der Waals surface area (Å²) in [6.45, 7) is 0. The molecule has 1 saturated carbocycles. The number of halogens is 4. The lowest BCUT2D eigenvalue weighted by Gasteiger charge is -2.25. The second-order valence-electron chi connectivity index (χ2n) is 7.52. The van der Waals surface area contributed by atoms with Crippen LogP contribution in [0.25, 0.3) is 22.2 Å². The highest BCUT2D eigenvalue weighted by Crippen LogP contribution is 2.34. The van der Waals surface area contributed by atoms with Crippen molar-refractivity contribution in [3.05, 3.63) is 41.7 Å². The molecule has 11 heteroatoms. The highest BCUT2D eigenvalue weighted by Gasteiger charge is 2.35. The summed E-state index contributed by atoms with van der Waals surface area (Å²) in [6.07, 6.45) is 1.25. The fourth-order valence-electron chi connectivity index (χ4n) is 3.83. The van der Waals surface area contributed by atoms with E-state index in [2.05, 4.69) is 15.1 Å². The zero-order valence-electron chi connectivity index (χ0n) is 16.1. The van der Waals surface area contributed by atoms with Crippen LogP contribution in [-0.4, -0.2) is 31.9 Å². The van der Waals surface area contributed by atoms with Crippen LogP contribution >= 0.6 is 0 Å². The number of nitrogens with two attached hydrogens (primary N) is 1. The third kappa shape index (κ3) is 3.99. The van der Waals surface area contributed by atoms with E-state index in [0.717, 1.165) is 38.0 Å². The van der Waals surface area contributed by atoms with Crippen LogP contribution in [0.2, 0.25) is 0 Å². The molecule has 2 aromatic heterocycles. The van der Waals surface area contributed by atoms with Gasteiger partial charge in [-0.3, -0.25) is 14.5 Å². The second-order valence-corrected chi connectivity index (χ2v) is 7.52. The fourth-order valence-corrected chi connectivity index (χ4v) is 3.83. The molecular formula is C20H17F4N5O2. The van der Waals surface area contributed by atoms with Gasteiger partial charge in [-0.05, 0) is 31.7 Å². The first-order valence-electron chi connectivity index (χ1n) is 9.55. The zero-order chi connectivity index (χ0) is 22.3. The van der Waals surface area contributed by atoms with Gasteiger partial charge in [-0.25, -0.2) is 9.37 Å². The van der Waals surface area contributed by atoms with E-state index in [0.29, 0.717) is 17.1 Å². The molecule has 31 heavy (non-hydrogen) atoms. The average Bonchev–Trinajstić information content (AvgIpc) is 3.14. The largest absolute Gasteiger partial charge is 0.434 e. The molecule has 2 heterocycles. The molecule has 0 unspecified atom stereocenters. The van der Waals surface area contributed by atoms with Gasteiger partial charge in [0.1, 0.15) is 17.8 Å². The Bertz CT molecular complexity index is 1170. The van der Waals surface area contributed by atoms with E-state index in [-0.39, 0.29) is 23.2 Å². The summed E-state index contributed by atoms with van der Waals surface area (Å²) in [5, 5.41) is 4.92. The van der Waals surface area contributed by atoms with Crippen LogP contribution in [0.1, 0.15) is 47.9 Å². The predicted octanol–water partition coefficient (Wildman–Crippen LogP) is 3.68. The zero-order valence-corrected chi connectivity index (χ0v) is 16.1. The number of aromatic nitrogens is 4. The minimum absolute atomic E-state index is 0.0377. The maximum absolute atomic E-state index is 14.8. The van der Waals surface area contributed by atoms with Crippen molar-refractivity contribution in [3.8, 4) is 11.3 Å². The summed E-state index contributed by atoms with van der Waals surface area (Å²) in [5.41, 5.74) is 2.78. The van der Waals surface area contributed by atoms with E-state index in [9.17, 15) is 27.2 Å². The Balaban J connectivity index is 1.74. The van der Waals surface area contributed by atoms with Gasteiger partial charge in [0.2, 0.25) is 0 Å². The fraction of sp³-hybridized carbons (Fsp3) is 0.350. The Morgan fingerprint density at radius 3 is 2.52 bits per heavy atom. The molecule has 7 nitrogen and oxygen atoms in total. The SMILES string of the molecule is NC(=O)c1nc(C(F)(F)F)cnc1-c1cc2cn(C3CCC(C=O)CC3)nc2cc1F. The lowest BCUT2D eigenvalue weighted by molar-refractivity contribution is -0.141. The lowest BCUT2D eigenvalue weighted by atomic mass is 9.87. The first-order valence-corrected chi connectivity index (χ1v) is 9.55. The third-order valence-corrected chi connectivity index (χ3v) is 5.47. The number of primary amides is 1. The minimum atomic E-state index is -4.83. The van der Waals surface area contributed by atoms with Gasteiger partial charge in [-0.2, -0.15) is 18.3 Å². The van der Waals surface area contributed by atoms with Crippen LogP contribution in [0.5, 0.6) is 0 Å². The number of fused-ring (bicyclic) bond motifs is 1. The van der Waals surface area contributed by atoms with E-state index in [1.807, 2.05) is 0 Å². The summed E-state index contributed by atoms with van der Waals surface area (Å²) in [5.74, 6) is -2.04. The number of hydrogen-bond donors (Lipinski definition) is 1. The molecule has 3 aromatic rings. The lowest BCUT2D eigenvalue weighted by Crippen LogP contribution is -2.19. The van der Waals surface area contributed by atoms with Gasteiger partial charge >= 0.3 is 6.18 Å². The van der Waals surface area contributed by atoms with Crippen molar-refractivity contribution in [3.63, 3.8) is 0 Å². The quantitative estimate of drug-likeness (QED) is 0.497. The van der Waals surface area contributed by atoms with Crippen LogP contribution in [-0.2, 0) is 11.0 Å². The first kappa shape index (κ1) is 20.9. The Morgan fingerprint density at radius 1 is 1.19 bits per heavy atom. The smallest absolute Gasteiger partial charge is 0.364 e. The van der Waals surface area contributed by atoms with Gasteiger partial charge in [0.15, 0.2) is 11.4 Å². The maximum Gasteiger partial charge on any atom is 0.434 e. The second kappa shape index (κ2) is 7.71. The molecule has 4 rings (SSSR count). The van der Waals surface area contributed by atoms with Gasteiger partial charge in [0.25, 0.3) is 5.91 Å². The summed E-state index contributed by atoms with van der Waals surface area (Å²) in [6, 6.07) is 2.54. The summed E-state index contributed by atoms with van der Waals surface area (Å²) in [7, 11) is 0. The summed E-state index contributed by atoms with van der Waals surface area (Å²) < 4.78 is 55.3. The van der Waals surface area contributed by atoms with Crippen molar-refractivity contribution >= 4 is 23.1 Å². The Hall–Kier alpha value is -3.37. The predicted molar refractivity (Wildman–Crippen MR) is 101 cm³/mol. The number of carbonyl (C=O) groups excluding carboxylic acids is 2. The van der Waals surface area contributed by atoms with E-state index in [4.69, 9.17) is 5.73 Å². The number of benzene rings is 1. The Morgan fingerprint density at radius 2 is 1.90 bits per heavy atom. The number of rotatable bonds is 4. The first-order chi connectivity index (χ1) is 14.7. The molecule has 1 aliphatic rings. The highest BCUT2D eigenvalue weighted by atomic mass is 19.4. The molecule has 1 fully saturated rings. The number of aldehydes is 1. The number of nitrogens with zero attached hydrogens (tertiary/aromatic N) is 4. The summed E-state index contributed by atoms with van der Waals surface area (Å²) in [4.78, 5) is 29.5. The van der Waals surface area contributed by atoms with E-state index < -0.39 is 29.3 Å². The number of carbonyl (C=O) groups is 2. The van der Waals surface area contributed by atoms with Crippen LogP contribution in [0, 0.1) is 11.7 Å². The normalized spacial score (nSPS) is 19.5. The topological polar surface area (TPSA) is 104 Å². The van der Waals surface area contributed by atoms with Crippen LogP contribution < -0.4 is 5.73 Å². The highest BCUT2D eigenvalue weighted by molar-refractivity contribution is 5.98. The number of alkyl halides is 3. The molecule has 1 aromatic carbocycles. The van der Waals surface area contributed by atoms with Gasteiger partial charge in [-0.1, -0.05) is 0 Å². The minimum Gasteiger partial charge on any atom is -0.364 e. The average molecular weight is 435 g/mol. The maximum atomic E-state index is 14.8. The Kier molecular flexibility index (Phi) is 5.19. The van der Waals surface area contributed by atoms with E-state index >= 15 is 0 Å². The Labute approximate surface area is 173 Å². The molecule has 0 atom stereocenters. The molecule has 0 radical (unpaired) electrons. The molecule has 0 saturated heterocycles.